The summed E-state index contributed by atoms with van der Waals surface area (Å²) in [4.78, 5) is 0. The van der Waals surface area contributed by atoms with Crippen LogP contribution in [0.5, 0.6) is 0 Å². The lowest BCUT2D eigenvalue weighted by atomic mass is 9.98. The second kappa shape index (κ2) is 4.21. The molecule has 138 valence electrons. The highest BCUT2D eigenvalue weighted by Crippen LogP contribution is 3.55. The van der Waals surface area contributed by atoms with E-state index in [9.17, 15) is 8.42 Å². The molecule has 0 aromatic carbocycles. The van der Waals surface area contributed by atoms with Crippen LogP contribution in [-0.4, -0.2) is 33.9 Å². The largest absolute Gasteiger partial charge is 0.249 e. The van der Waals surface area contributed by atoms with Gasteiger partial charge in [-0.05, 0) is 39.2 Å². The van der Waals surface area contributed by atoms with Crippen molar-refractivity contribution in [1.82, 2.24) is 4.44 Å². The van der Waals surface area contributed by atoms with Crippen LogP contribution in [0.4, 0.5) is 0 Å². The van der Waals surface area contributed by atoms with Gasteiger partial charge in [0.25, 0.3) is 0 Å². The predicted molar refractivity (Wildman–Crippen MR) is 111 cm³/mol. The number of nitrogens with zero attached hydrogens (tertiary/aromatic N) is 2. The highest BCUT2D eigenvalue weighted by Gasteiger charge is 3.16. The topological polar surface area (TPSA) is 49.7 Å². The molecule has 0 aromatic rings. The third kappa shape index (κ3) is 1.54. The van der Waals surface area contributed by atoms with Crippen molar-refractivity contribution in [2.75, 3.05) is 6.26 Å². The zero-order valence-electron chi connectivity index (χ0n) is 16.4. The van der Waals surface area contributed by atoms with E-state index >= 15 is 0 Å². The van der Waals surface area contributed by atoms with E-state index in [4.69, 9.17) is 4.15 Å². The second-order valence-electron chi connectivity index (χ2n) is 10.5. The molecule has 5 heterocycles. The Morgan fingerprint density at radius 2 is 1.38 bits per heavy atom. The Balaban J connectivity index is 2.04. The van der Waals surface area contributed by atoms with Crippen molar-refractivity contribution >= 4 is 39.9 Å². The summed E-state index contributed by atoms with van der Waals surface area (Å²) >= 11 is 0. The molecular formula is C15H30N2O2P4S. The molecule has 6 unspecified atom stereocenters. The molecule has 0 saturated carbocycles. The van der Waals surface area contributed by atoms with Crippen molar-refractivity contribution < 1.29 is 8.42 Å². The van der Waals surface area contributed by atoms with Gasteiger partial charge in [0.05, 0.1) is 22.3 Å². The van der Waals surface area contributed by atoms with Gasteiger partial charge in [0.15, 0.2) is 0 Å². The maximum Gasteiger partial charge on any atom is 0.249 e. The lowest BCUT2D eigenvalue weighted by Gasteiger charge is -2.47. The number of rotatable bonds is 1. The van der Waals surface area contributed by atoms with Gasteiger partial charge < -0.3 is 0 Å². The Labute approximate surface area is 151 Å². The van der Waals surface area contributed by atoms with E-state index in [1.54, 1.807) is 0 Å². The Bertz CT molecular complexity index is 786. The van der Waals surface area contributed by atoms with Gasteiger partial charge in [-0.15, -0.1) is 0 Å². The summed E-state index contributed by atoms with van der Waals surface area (Å²) in [6, 6.07) is 0. The monoisotopic (exact) mass is 426 g/mol. The van der Waals surface area contributed by atoms with Gasteiger partial charge in [0.2, 0.25) is 10.0 Å². The van der Waals surface area contributed by atoms with E-state index in [0.29, 0.717) is 9.28 Å². The summed E-state index contributed by atoms with van der Waals surface area (Å²) in [5, 5.41) is 0. The molecule has 5 aliphatic heterocycles. The van der Waals surface area contributed by atoms with Crippen molar-refractivity contribution in [2.45, 2.75) is 77.1 Å². The maximum atomic E-state index is 12.4. The normalized spacial score (nSPS) is 49.5. The van der Waals surface area contributed by atoms with Crippen molar-refractivity contribution in [3.05, 3.63) is 0 Å². The van der Waals surface area contributed by atoms with Crippen LogP contribution in [0.15, 0.2) is 4.15 Å². The number of hydrogen-bond acceptors (Lipinski definition) is 3. The standard InChI is InChI=1S/C15H30N2O2P4S/c1-11(2,3)14-20-15(12(4,5)6)22(17(21(14)20)13(7,8)9)23(14,15)16-24(10,18)19/h1-10H3. The molecule has 0 amide bonds. The SMILES string of the molecule is CC(C)(C)N1P2P3C2(C(C)(C)C)P2(=NS(C)(=O)=O)P1C32C(C)(C)C. The van der Waals surface area contributed by atoms with Crippen molar-refractivity contribution in [1.29, 1.82) is 0 Å². The zero-order chi connectivity index (χ0) is 18.5. The van der Waals surface area contributed by atoms with Gasteiger partial charge in [-0.25, -0.2) is 12.9 Å². The van der Waals surface area contributed by atoms with Crippen LogP contribution in [0.1, 0.15) is 62.3 Å². The molecule has 5 rings (SSSR count). The third-order valence-electron chi connectivity index (χ3n) is 5.64. The molecule has 5 saturated heterocycles. The lowest BCUT2D eigenvalue weighted by Crippen LogP contribution is -2.41. The molecule has 2 bridgehead atoms. The third-order valence-corrected chi connectivity index (χ3v) is 40.5. The molecule has 0 N–H and O–H groups in total. The summed E-state index contributed by atoms with van der Waals surface area (Å²) in [6.45, 7) is 19.3. The van der Waals surface area contributed by atoms with Crippen molar-refractivity contribution in [3.63, 3.8) is 0 Å². The molecular weight excluding hydrogens is 396 g/mol. The smallest absolute Gasteiger partial charge is 0.243 e. The Morgan fingerprint density at radius 1 is 0.917 bits per heavy atom. The molecule has 5 aliphatic rings. The quantitative estimate of drug-likeness (QED) is 0.433. The Kier molecular flexibility index (Phi) is 3.30. The number of sulfonamides is 1. The molecule has 5 fully saturated rings. The highest BCUT2D eigenvalue weighted by molar-refractivity contribution is 8.86. The van der Waals surface area contributed by atoms with E-state index < -0.39 is 16.8 Å². The highest BCUT2D eigenvalue weighted by atomic mass is 32.3. The van der Waals surface area contributed by atoms with E-state index in [2.05, 4.69) is 66.8 Å². The average Bonchev–Trinajstić information content (AvgIpc) is 2.89. The first-order valence-electron chi connectivity index (χ1n) is 8.49. The van der Waals surface area contributed by atoms with E-state index in [1.165, 1.54) is 6.26 Å². The lowest BCUT2D eigenvalue weighted by molar-refractivity contribution is 0.365. The minimum atomic E-state index is -3.29. The first kappa shape index (κ1) is 18.8. The van der Waals surface area contributed by atoms with Gasteiger partial charge in [0.1, 0.15) is 0 Å². The van der Waals surface area contributed by atoms with Gasteiger partial charge in [0, 0.05) is 21.1 Å². The summed E-state index contributed by atoms with van der Waals surface area (Å²) in [5.41, 5.74) is 0.500. The van der Waals surface area contributed by atoms with Crippen LogP contribution in [0.3, 0.4) is 0 Å². The molecule has 0 spiro atoms. The fourth-order valence-electron chi connectivity index (χ4n) is 5.27. The molecule has 24 heavy (non-hydrogen) atoms. The van der Waals surface area contributed by atoms with Crippen LogP contribution < -0.4 is 0 Å². The van der Waals surface area contributed by atoms with Crippen LogP contribution in [0.25, 0.3) is 0 Å². The molecule has 0 aliphatic carbocycles. The fourth-order valence-corrected chi connectivity index (χ4v) is 65.7. The van der Waals surface area contributed by atoms with Crippen molar-refractivity contribution in [3.8, 4) is 0 Å². The molecule has 6 atom stereocenters. The fraction of sp³-hybridized carbons (Fsp3) is 1.00. The second-order valence-corrected chi connectivity index (χ2v) is 28.1. The molecule has 0 radical (unpaired) electrons. The van der Waals surface area contributed by atoms with Crippen LogP contribution >= 0.6 is 29.9 Å². The van der Waals surface area contributed by atoms with Crippen LogP contribution in [0.2, 0.25) is 0 Å². The van der Waals surface area contributed by atoms with Crippen LogP contribution in [-0.2, 0) is 10.0 Å². The van der Waals surface area contributed by atoms with Gasteiger partial charge in [-0.2, -0.15) is 4.15 Å². The summed E-state index contributed by atoms with van der Waals surface area (Å²) in [6.07, 6.45) is 1.33. The molecule has 9 heteroatoms. The van der Waals surface area contributed by atoms with Crippen LogP contribution in [0, 0.1) is 10.8 Å². The Morgan fingerprint density at radius 3 is 1.71 bits per heavy atom. The minimum absolute atomic E-state index is 0.0644. The van der Waals surface area contributed by atoms with E-state index in [1.807, 2.05) is 0 Å². The predicted octanol–water partition coefficient (Wildman–Crippen LogP) is 6.81. The van der Waals surface area contributed by atoms with Gasteiger partial charge in [-0.1, -0.05) is 41.5 Å². The Hall–Kier alpha value is 1.43. The minimum Gasteiger partial charge on any atom is -0.243 e. The van der Waals surface area contributed by atoms with Gasteiger partial charge >= 0.3 is 0 Å². The maximum absolute atomic E-state index is 12.4. The average molecular weight is 426 g/mol. The van der Waals surface area contributed by atoms with Gasteiger partial charge in [-0.3, -0.25) is 0 Å². The van der Waals surface area contributed by atoms with E-state index in [0.717, 1.165) is 0 Å². The van der Waals surface area contributed by atoms with E-state index in [-0.39, 0.29) is 39.5 Å². The first-order chi connectivity index (χ1) is 10.4. The molecule has 4 nitrogen and oxygen atoms in total. The summed E-state index contributed by atoms with van der Waals surface area (Å²) in [7, 11) is -3.90. The zero-order valence-corrected chi connectivity index (χ0v) is 20.8. The summed E-state index contributed by atoms with van der Waals surface area (Å²) in [5.74, 6) is 0. The number of hydrogen-bond donors (Lipinski definition) is 0. The first-order valence-corrected chi connectivity index (χ1v) is 17.4. The molecule has 0 aromatic heterocycles. The van der Waals surface area contributed by atoms with Crippen molar-refractivity contribution in [2.24, 2.45) is 15.0 Å². The summed E-state index contributed by atoms with van der Waals surface area (Å²) < 4.78 is 33.0.